The summed E-state index contributed by atoms with van der Waals surface area (Å²) in [6, 6.07) is 19.4. The lowest BCUT2D eigenvalue weighted by molar-refractivity contribution is -0.133. The van der Waals surface area contributed by atoms with Gasteiger partial charge in [0.1, 0.15) is 5.65 Å². The van der Waals surface area contributed by atoms with Gasteiger partial charge in [-0.1, -0.05) is 36.0 Å². The number of aliphatic carboxylic acids is 1. The summed E-state index contributed by atoms with van der Waals surface area (Å²) in [6.45, 7) is 0. The van der Waals surface area contributed by atoms with E-state index in [4.69, 9.17) is 5.11 Å². The van der Waals surface area contributed by atoms with Crippen molar-refractivity contribution in [2.24, 2.45) is 0 Å². The standard InChI is InChI=1S/C20H13N3O2S/c21-11-14-7-8-17(16-6-2-1-5-15(14)16)23-18(26-12-19(24)25)10-13-4-3-9-22-20(13)23/h1-10H,12H2,(H,24,25). The lowest BCUT2D eigenvalue weighted by atomic mass is 10.0. The van der Waals surface area contributed by atoms with Crippen LogP contribution in [0, 0.1) is 11.3 Å². The van der Waals surface area contributed by atoms with Crippen LogP contribution in [0.1, 0.15) is 5.56 Å². The third-order valence-electron chi connectivity index (χ3n) is 4.13. The molecule has 2 heterocycles. The first-order valence-electron chi connectivity index (χ1n) is 7.92. The molecule has 4 rings (SSSR count). The molecule has 0 bridgehead atoms. The molecule has 2 aromatic heterocycles. The Morgan fingerprint density at radius 1 is 1.15 bits per heavy atom. The van der Waals surface area contributed by atoms with E-state index in [1.807, 2.05) is 53.1 Å². The van der Waals surface area contributed by atoms with Gasteiger partial charge in [0.05, 0.1) is 28.1 Å². The van der Waals surface area contributed by atoms with Gasteiger partial charge in [0.15, 0.2) is 0 Å². The van der Waals surface area contributed by atoms with Gasteiger partial charge in [0, 0.05) is 22.4 Å². The van der Waals surface area contributed by atoms with Crippen molar-refractivity contribution in [3.63, 3.8) is 0 Å². The number of hydrogen-bond donors (Lipinski definition) is 1. The van der Waals surface area contributed by atoms with Gasteiger partial charge in [-0.15, -0.1) is 0 Å². The van der Waals surface area contributed by atoms with Crippen molar-refractivity contribution >= 4 is 39.5 Å². The molecule has 126 valence electrons. The number of hydrogen-bond acceptors (Lipinski definition) is 4. The van der Waals surface area contributed by atoms with Gasteiger partial charge in [-0.3, -0.25) is 9.36 Å². The summed E-state index contributed by atoms with van der Waals surface area (Å²) in [4.78, 5) is 15.5. The largest absolute Gasteiger partial charge is 0.481 e. The van der Waals surface area contributed by atoms with Crippen LogP contribution < -0.4 is 0 Å². The predicted octanol–water partition coefficient (Wildman–Crippen LogP) is 4.23. The number of fused-ring (bicyclic) bond motifs is 2. The second-order valence-corrected chi connectivity index (χ2v) is 6.70. The van der Waals surface area contributed by atoms with Crippen molar-refractivity contribution in [3.05, 3.63) is 66.4 Å². The second kappa shape index (κ2) is 6.54. The molecule has 0 amide bonds. The van der Waals surface area contributed by atoms with Crippen LogP contribution in [0.25, 0.3) is 27.5 Å². The Balaban J connectivity index is 2.03. The van der Waals surface area contributed by atoms with Crippen molar-refractivity contribution in [2.75, 3.05) is 5.75 Å². The average Bonchev–Trinajstić information content (AvgIpc) is 3.03. The minimum absolute atomic E-state index is 0.0372. The molecular weight excluding hydrogens is 346 g/mol. The van der Waals surface area contributed by atoms with E-state index >= 15 is 0 Å². The monoisotopic (exact) mass is 359 g/mol. The Kier molecular flexibility index (Phi) is 4.07. The summed E-state index contributed by atoms with van der Waals surface area (Å²) < 4.78 is 1.96. The quantitative estimate of drug-likeness (QED) is 0.552. The number of carboxylic acids is 1. The Labute approximate surface area is 153 Å². The van der Waals surface area contributed by atoms with E-state index in [-0.39, 0.29) is 5.75 Å². The van der Waals surface area contributed by atoms with Crippen LogP contribution in [-0.2, 0) is 4.79 Å². The Bertz CT molecular complexity index is 1190. The molecule has 4 aromatic rings. The van der Waals surface area contributed by atoms with Crippen LogP contribution >= 0.6 is 11.8 Å². The fourth-order valence-electron chi connectivity index (χ4n) is 3.06. The number of carbonyl (C=O) groups is 1. The lowest BCUT2D eigenvalue weighted by Gasteiger charge is -2.13. The third-order valence-corrected chi connectivity index (χ3v) is 5.12. The molecule has 0 aliphatic heterocycles. The van der Waals surface area contributed by atoms with E-state index in [0.29, 0.717) is 5.56 Å². The SMILES string of the molecule is N#Cc1ccc(-n2c(SCC(=O)O)cc3cccnc32)c2ccccc12. The van der Waals surface area contributed by atoms with Crippen molar-refractivity contribution in [3.8, 4) is 11.8 Å². The number of thioether (sulfide) groups is 1. The average molecular weight is 359 g/mol. The molecule has 5 nitrogen and oxygen atoms in total. The maximum Gasteiger partial charge on any atom is 0.313 e. The number of aromatic nitrogens is 2. The maximum absolute atomic E-state index is 11.0. The van der Waals surface area contributed by atoms with E-state index in [9.17, 15) is 10.1 Å². The second-order valence-electron chi connectivity index (χ2n) is 5.71. The van der Waals surface area contributed by atoms with Crippen LogP contribution in [0.3, 0.4) is 0 Å². The summed E-state index contributed by atoms with van der Waals surface area (Å²) in [5, 5.41) is 22.0. The summed E-state index contributed by atoms with van der Waals surface area (Å²) in [5.41, 5.74) is 2.24. The molecule has 1 N–H and O–H groups in total. The number of pyridine rings is 1. The number of nitriles is 1. The van der Waals surface area contributed by atoms with Crippen LogP contribution in [0.2, 0.25) is 0 Å². The molecule has 0 saturated heterocycles. The Hall–Kier alpha value is -3.30. The van der Waals surface area contributed by atoms with Gasteiger partial charge in [-0.2, -0.15) is 5.26 Å². The Morgan fingerprint density at radius 3 is 2.73 bits per heavy atom. The van der Waals surface area contributed by atoms with E-state index in [1.165, 1.54) is 11.8 Å². The normalized spacial score (nSPS) is 10.9. The molecule has 26 heavy (non-hydrogen) atoms. The molecule has 6 heteroatoms. The first-order valence-corrected chi connectivity index (χ1v) is 8.91. The van der Waals surface area contributed by atoms with Gasteiger partial charge < -0.3 is 5.11 Å². The van der Waals surface area contributed by atoms with E-state index in [2.05, 4.69) is 11.1 Å². The van der Waals surface area contributed by atoms with Crippen molar-refractivity contribution in [2.45, 2.75) is 5.03 Å². The van der Waals surface area contributed by atoms with E-state index in [1.54, 1.807) is 12.3 Å². The van der Waals surface area contributed by atoms with Crippen LogP contribution in [0.4, 0.5) is 0 Å². The summed E-state index contributed by atoms with van der Waals surface area (Å²) in [7, 11) is 0. The molecule has 2 aromatic carbocycles. The summed E-state index contributed by atoms with van der Waals surface area (Å²) >= 11 is 1.25. The summed E-state index contributed by atoms with van der Waals surface area (Å²) in [6.07, 6.45) is 1.72. The third kappa shape index (κ3) is 2.68. The Morgan fingerprint density at radius 2 is 1.96 bits per heavy atom. The fourth-order valence-corrected chi connectivity index (χ4v) is 3.86. The van der Waals surface area contributed by atoms with Crippen LogP contribution in [-0.4, -0.2) is 26.4 Å². The van der Waals surface area contributed by atoms with Gasteiger partial charge in [-0.25, -0.2) is 4.98 Å². The molecule has 0 unspecified atom stereocenters. The lowest BCUT2D eigenvalue weighted by Crippen LogP contribution is -2.02. The topological polar surface area (TPSA) is 78.9 Å². The smallest absolute Gasteiger partial charge is 0.313 e. The molecule has 0 radical (unpaired) electrons. The van der Waals surface area contributed by atoms with Crippen molar-refractivity contribution in [1.82, 2.24) is 9.55 Å². The van der Waals surface area contributed by atoms with Gasteiger partial charge in [0.25, 0.3) is 0 Å². The highest BCUT2D eigenvalue weighted by atomic mass is 32.2. The van der Waals surface area contributed by atoms with E-state index in [0.717, 1.165) is 32.5 Å². The van der Waals surface area contributed by atoms with Crippen LogP contribution in [0.5, 0.6) is 0 Å². The van der Waals surface area contributed by atoms with Gasteiger partial charge in [0.2, 0.25) is 0 Å². The first-order chi connectivity index (χ1) is 12.7. The zero-order valence-electron chi connectivity index (χ0n) is 13.6. The van der Waals surface area contributed by atoms with Crippen molar-refractivity contribution < 1.29 is 9.90 Å². The highest BCUT2D eigenvalue weighted by Gasteiger charge is 2.16. The molecule has 0 aliphatic carbocycles. The molecule has 0 fully saturated rings. The molecule has 0 spiro atoms. The minimum Gasteiger partial charge on any atom is -0.481 e. The summed E-state index contributed by atoms with van der Waals surface area (Å²) in [5.74, 6) is -0.908. The number of carboxylic acid groups (broad SMARTS) is 1. The molecule has 0 aliphatic rings. The number of rotatable bonds is 4. The zero-order valence-corrected chi connectivity index (χ0v) is 14.4. The number of benzene rings is 2. The van der Waals surface area contributed by atoms with Gasteiger partial charge in [-0.05, 0) is 30.3 Å². The predicted molar refractivity (Wildman–Crippen MR) is 102 cm³/mol. The highest BCUT2D eigenvalue weighted by molar-refractivity contribution is 7.99. The first kappa shape index (κ1) is 16.2. The van der Waals surface area contributed by atoms with E-state index < -0.39 is 5.97 Å². The molecule has 0 atom stereocenters. The highest BCUT2D eigenvalue weighted by Crippen LogP contribution is 2.34. The minimum atomic E-state index is -0.871. The molecule has 0 saturated carbocycles. The van der Waals surface area contributed by atoms with Crippen molar-refractivity contribution in [1.29, 1.82) is 5.26 Å². The number of nitrogens with zero attached hydrogens (tertiary/aromatic N) is 3. The molecular formula is C20H13N3O2S. The van der Waals surface area contributed by atoms with Crippen LogP contribution in [0.15, 0.2) is 65.8 Å². The maximum atomic E-state index is 11.0. The fraction of sp³-hybridized carbons (Fsp3) is 0.0500. The zero-order chi connectivity index (χ0) is 18.1. The van der Waals surface area contributed by atoms with Gasteiger partial charge >= 0.3 is 5.97 Å².